The van der Waals surface area contributed by atoms with Crippen LogP contribution in [0.5, 0.6) is 0 Å². The molecule has 0 radical (unpaired) electrons. The van der Waals surface area contributed by atoms with E-state index in [-0.39, 0.29) is 6.61 Å². The van der Waals surface area contributed by atoms with Crippen molar-refractivity contribution in [2.24, 2.45) is 5.92 Å². The number of fused-ring (bicyclic) bond motifs is 3. The lowest BCUT2D eigenvalue weighted by atomic mass is 9.89. The van der Waals surface area contributed by atoms with Crippen molar-refractivity contribution < 1.29 is 5.11 Å². The Morgan fingerprint density at radius 3 is 2.87 bits per heavy atom. The first-order valence-corrected chi connectivity index (χ1v) is 9.41. The van der Waals surface area contributed by atoms with E-state index in [0.29, 0.717) is 0 Å². The van der Waals surface area contributed by atoms with Crippen LogP contribution in [0.25, 0.3) is 10.2 Å². The van der Waals surface area contributed by atoms with E-state index in [1.165, 1.54) is 35.1 Å². The van der Waals surface area contributed by atoms with E-state index < -0.39 is 0 Å². The summed E-state index contributed by atoms with van der Waals surface area (Å²) in [5.41, 5.74) is 1.51. The van der Waals surface area contributed by atoms with Crippen molar-refractivity contribution in [3.63, 3.8) is 0 Å². The Hall–Kier alpha value is -1.24. The number of piperazine rings is 1. The van der Waals surface area contributed by atoms with Crippen LogP contribution < -0.4 is 4.90 Å². The van der Waals surface area contributed by atoms with Crippen molar-refractivity contribution >= 4 is 27.4 Å². The average molecular weight is 332 g/mol. The summed E-state index contributed by atoms with van der Waals surface area (Å²) in [6.45, 7) is 7.32. The van der Waals surface area contributed by atoms with E-state index in [2.05, 4.69) is 26.7 Å². The number of aliphatic hydroxyl groups excluding tert-OH is 1. The van der Waals surface area contributed by atoms with Crippen LogP contribution in [0.15, 0.2) is 6.33 Å². The van der Waals surface area contributed by atoms with Crippen LogP contribution in [0.1, 0.15) is 23.8 Å². The van der Waals surface area contributed by atoms with E-state index in [1.54, 1.807) is 6.33 Å². The highest BCUT2D eigenvalue weighted by Gasteiger charge is 2.26. The zero-order valence-electron chi connectivity index (χ0n) is 13.7. The number of hydrogen-bond donors (Lipinski definition) is 1. The molecule has 0 bridgehead atoms. The van der Waals surface area contributed by atoms with Crippen molar-refractivity contribution in [3.05, 3.63) is 16.8 Å². The second-order valence-corrected chi connectivity index (χ2v) is 7.87. The lowest BCUT2D eigenvalue weighted by Gasteiger charge is -2.35. The third kappa shape index (κ3) is 2.84. The number of rotatable bonds is 3. The fraction of sp³-hybridized carbons (Fsp3) is 0.647. The maximum Gasteiger partial charge on any atom is 0.141 e. The van der Waals surface area contributed by atoms with Gasteiger partial charge in [0.2, 0.25) is 0 Å². The number of aromatic nitrogens is 2. The van der Waals surface area contributed by atoms with Gasteiger partial charge >= 0.3 is 0 Å². The van der Waals surface area contributed by atoms with Gasteiger partial charge in [-0.1, -0.05) is 6.92 Å². The second-order valence-electron chi connectivity index (χ2n) is 6.78. The van der Waals surface area contributed by atoms with E-state index in [0.717, 1.165) is 49.3 Å². The summed E-state index contributed by atoms with van der Waals surface area (Å²) in [6.07, 6.45) is 5.36. The molecule has 1 N–H and O–H groups in total. The highest BCUT2D eigenvalue weighted by atomic mass is 32.1. The minimum absolute atomic E-state index is 0.244. The normalized spacial score (nSPS) is 22.5. The molecule has 3 heterocycles. The first-order valence-electron chi connectivity index (χ1n) is 8.59. The zero-order chi connectivity index (χ0) is 15.8. The molecule has 1 aliphatic carbocycles. The van der Waals surface area contributed by atoms with Crippen LogP contribution in [0, 0.1) is 5.92 Å². The van der Waals surface area contributed by atoms with Crippen molar-refractivity contribution in [3.8, 4) is 0 Å². The maximum atomic E-state index is 9.09. The predicted octanol–water partition coefficient (Wildman–Crippen LogP) is 1.93. The molecule has 124 valence electrons. The molecule has 6 heteroatoms. The van der Waals surface area contributed by atoms with Gasteiger partial charge in [-0.15, -0.1) is 11.3 Å². The minimum atomic E-state index is 0.244. The van der Waals surface area contributed by atoms with E-state index in [4.69, 9.17) is 5.11 Å². The van der Waals surface area contributed by atoms with Crippen LogP contribution in [0.3, 0.4) is 0 Å². The van der Waals surface area contributed by atoms with Crippen molar-refractivity contribution in [2.75, 3.05) is 44.2 Å². The lowest BCUT2D eigenvalue weighted by Crippen LogP contribution is -2.47. The van der Waals surface area contributed by atoms with Gasteiger partial charge in [0, 0.05) is 37.6 Å². The van der Waals surface area contributed by atoms with Gasteiger partial charge in [0.05, 0.1) is 12.0 Å². The highest BCUT2D eigenvalue weighted by Crippen LogP contribution is 2.40. The van der Waals surface area contributed by atoms with E-state index >= 15 is 0 Å². The van der Waals surface area contributed by atoms with Gasteiger partial charge in [0.25, 0.3) is 0 Å². The molecular formula is C17H24N4OS. The Bertz CT molecular complexity index is 693. The molecule has 2 aliphatic rings. The van der Waals surface area contributed by atoms with Gasteiger partial charge in [0.15, 0.2) is 0 Å². The summed E-state index contributed by atoms with van der Waals surface area (Å²) in [5, 5.41) is 10.4. The molecule has 0 amide bonds. The Morgan fingerprint density at radius 1 is 1.26 bits per heavy atom. The van der Waals surface area contributed by atoms with Crippen molar-refractivity contribution in [1.29, 1.82) is 0 Å². The van der Waals surface area contributed by atoms with Crippen LogP contribution in [0.2, 0.25) is 0 Å². The molecule has 0 spiro atoms. The number of thiophene rings is 1. The van der Waals surface area contributed by atoms with Gasteiger partial charge in [-0.05, 0) is 30.7 Å². The summed E-state index contributed by atoms with van der Waals surface area (Å²) in [5.74, 6) is 1.92. The summed E-state index contributed by atoms with van der Waals surface area (Å²) in [6, 6.07) is 0. The molecule has 23 heavy (non-hydrogen) atoms. The molecule has 1 saturated heterocycles. The van der Waals surface area contributed by atoms with Crippen LogP contribution in [-0.2, 0) is 12.8 Å². The quantitative estimate of drug-likeness (QED) is 0.931. The Kier molecular flexibility index (Phi) is 4.22. The summed E-state index contributed by atoms with van der Waals surface area (Å²) >= 11 is 1.87. The third-order valence-corrected chi connectivity index (χ3v) is 6.32. The van der Waals surface area contributed by atoms with Crippen LogP contribution in [0.4, 0.5) is 5.82 Å². The number of aryl methyl sites for hydroxylation is 1. The standard InChI is InChI=1S/C17H24N4OS/c1-12-2-3-13-14(10-12)23-17-15(13)16(18-11-19-17)21-6-4-20(5-7-21)8-9-22/h11-12,22H,2-10H2,1H3. The predicted molar refractivity (Wildman–Crippen MR) is 94.3 cm³/mol. The number of anilines is 1. The van der Waals surface area contributed by atoms with Crippen molar-refractivity contribution in [1.82, 2.24) is 14.9 Å². The summed E-state index contributed by atoms with van der Waals surface area (Å²) in [4.78, 5) is 16.6. The van der Waals surface area contributed by atoms with Gasteiger partial charge in [-0.3, -0.25) is 4.90 Å². The fourth-order valence-electron chi connectivity index (χ4n) is 3.82. The van der Waals surface area contributed by atoms with Gasteiger partial charge in [-0.2, -0.15) is 0 Å². The smallest absolute Gasteiger partial charge is 0.141 e. The first kappa shape index (κ1) is 15.3. The van der Waals surface area contributed by atoms with Gasteiger partial charge in [-0.25, -0.2) is 9.97 Å². The molecule has 1 aliphatic heterocycles. The number of nitrogens with zero attached hydrogens (tertiary/aromatic N) is 4. The highest BCUT2D eigenvalue weighted by molar-refractivity contribution is 7.19. The maximum absolute atomic E-state index is 9.09. The van der Waals surface area contributed by atoms with E-state index in [1.807, 2.05) is 11.3 Å². The first-order chi connectivity index (χ1) is 11.3. The molecule has 2 aromatic rings. The number of hydrogen-bond acceptors (Lipinski definition) is 6. The average Bonchev–Trinajstić information content (AvgIpc) is 2.93. The Balaban J connectivity index is 1.66. The van der Waals surface area contributed by atoms with Crippen LogP contribution >= 0.6 is 11.3 Å². The minimum Gasteiger partial charge on any atom is -0.395 e. The summed E-state index contributed by atoms with van der Waals surface area (Å²) < 4.78 is 0. The third-order valence-electron chi connectivity index (χ3n) is 5.16. The second kappa shape index (κ2) is 6.34. The van der Waals surface area contributed by atoms with E-state index in [9.17, 15) is 0 Å². The molecule has 5 nitrogen and oxygen atoms in total. The molecule has 0 aromatic carbocycles. The lowest BCUT2D eigenvalue weighted by molar-refractivity contribution is 0.188. The Morgan fingerprint density at radius 2 is 2.09 bits per heavy atom. The molecule has 1 fully saturated rings. The summed E-state index contributed by atoms with van der Waals surface area (Å²) in [7, 11) is 0. The van der Waals surface area contributed by atoms with Crippen molar-refractivity contribution in [2.45, 2.75) is 26.2 Å². The Labute approximate surface area is 141 Å². The molecule has 1 atom stereocenters. The molecule has 1 unspecified atom stereocenters. The molecular weight excluding hydrogens is 308 g/mol. The fourth-order valence-corrected chi connectivity index (χ4v) is 5.17. The van der Waals surface area contributed by atoms with Gasteiger partial charge in [0.1, 0.15) is 17.0 Å². The molecule has 0 saturated carbocycles. The zero-order valence-corrected chi connectivity index (χ0v) is 14.5. The van der Waals surface area contributed by atoms with Gasteiger partial charge < -0.3 is 10.0 Å². The SMILES string of the molecule is CC1CCc2c(sc3ncnc(N4CCN(CCO)CC4)c23)C1. The molecule has 4 rings (SSSR count). The molecule has 2 aromatic heterocycles. The topological polar surface area (TPSA) is 52.5 Å². The monoisotopic (exact) mass is 332 g/mol. The van der Waals surface area contributed by atoms with Crippen LogP contribution in [-0.4, -0.2) is 59.3 Å². The largest absolute Gasteiger partial charge is 0.395 e. The number of β-amino-alcohol motifs (C(OH)–C–C–N with tert-alkyl or cyclic N) is 1. The number of aliphatic hydroxyl groups is 1.